The Morgan fingerprint density at radius 3 is 2.80 bits per heavy atom. The molecule has 0 bridgehead atoms. The second-order valence-electron chi connectivity index (χ2n) is 3.57. The summed E-state index contributed by atoms with van der Waals surface area (Å²) < 4.78 is 5.75. The maximum absolute atomic E-state index is 5.75. The van der Waals surface area contributed by atoms with E-state index in [-0.39, 0.29) is 0 Å². The molecule has 0 aliphatic carbocycles. The molecule has 76 valence electrons. The third-order valence-corrected chi connectivity index (χ3v) is 2.46. The standard InChI is InChI=1S/C14H14O/c1-4-6-11-12-8-7-10(3)9-14(12)15-13(11)5-2/h4-9H,1H2,2-3H3. The highest BCUT2D eigenvalue weighted by atomic mass is 16.3. The average Bonchev–Trinajstić information content (AvgIpc) is 2.56. The van der Waals surface area contributed by atoms with Crippen LogP contribution in [-0.2, 0) is 0 Å². The van der Waals surface area contributed by atoms with Crippen molar-refractivity contribution in [3.63, 3.8) is 0 Å². The van der Waals surface area contributed by atoms with Crippen LogP contribution in [0, 0.1) is 6.92 Å². The summed E-state index contributed by atoms with van der Waals surface area (Å²) in [6.07, 6.45) is 5.75. The van der Waals surface area contributed by atoms with Crippen molar-refractivity contribution >= 4 is 23.1 Å². The van der Waals surface area contributed by atoms with Crippen LogP contribution in [0.4, 0.5) is 0 Å². The molecule has 0 aliphatic rings. The molecule has 1 aromatic heterocycles. The van der Waals surface area contributed by atoms with Gasteiger partial charge in [0.05, 0.1) is 0 Å². The first kappa shape index (κ1) is 9.78. The molecule has 2 rings (SSSR count). The molecule has 1 heterocycles. The largest absolute Gasteiger partial charge is 0.456 e. The molecule has 2 aromatic rings. The first-order valence-electron chi connectivity index (χ1n) is 5.04. The monoisotopic (exact) mass is 198 g/mol. The Morgan fingerprint density at radius 2 is 2.13 bits per heavy atom. The summed E-state index contributed by atoms with van der Waals surface area (Å²) >= 11 is 0. The minimum absolute atomic E-state index is 0.912. The molecular weight excluding hydrogens is 184 g/mol. The highest BCUT2D eigenvalue weighted by Gasteiger charge is 2.01. The second kappa shape index (κ2) is 3.77. The van der Waals surface area contributed by atoms with Gasteiger partial charge in [-0.2, -0.15) is 0 Å². The molecule has 1 aromatic carbocycles. The van der Waals surface area contributed by atoms with Gasteiger partial charge in [-0.15, -0.1) is 0 Å². The van der Waals surface area contributed by atoms with E-state index in [1.165, 1.54) is 5.56 Å². The lowest BCUT2D eigenvalue weighted by Gasteiger charge is -1.89. The number of aryl methyl sites for hydroxylation is 1. The summed E-state index contributed by atoms with van der Waals surface area (Å²) in [4.78, 5) is 0. The van der Waals surface area contributed by atoms with Crippen molar-refractivity contribution in [3.8, 4) is 0 Å². The minimum Gasteiger partial charge on any atom is -0.456 e. The second-order valence-corrected chi connectivity index (χ2v) is 3.57. The summed E-state index contributed by atoms with van der Waals surface area (Å²) in [7, 11) is 0. The summed E-state index contributed by atoms with van der Waals surface area (Å²) in [5, 5.41) is 2.26. The Kier molecular flexibility index (Phi) is 2.46. The van der Waals surface area contributed by atoms with Crippen LogP contribution in [0.25, 0.3) is 23.1 Å². The number of benzene rings is 1. The van der Waals surface area contributed by atoms with Gasteiger partial charge in [-0.1, -0.05) is 30.9 Å². The molecule has 1 nitrogen and oxygen atoms in total. The van der Waals surface area contributed by atoms with Crippen molar-refractivity contribution < 1.29 is 4.42 Å². The van der Waals surface area contributed by atoms with Crippen molar-refractivity contribution in [3.05, 3.63) is 47.1 Å². The lowest BCUT2D eigenvalue weighted by atomic mass is 10.1. The van der Waals surface area contributed by atoms with Crippen LogP contribution in [0.5, 0.6) is 0 Å². The van der Waals surface area contributed by atoms with E-state index in [2.05, 4.69) is 31.7 Å². The highest BCUT2D eigenvalue weighted by Crippen LogP contribution is 2.10. The molecule has 0 N–H and O–H groups in total. The fraction of sp³-hybridized carbons (Fsp3) is 0.143. The van der Waals surface area contributed by atoms with Crippen LogP contribution < -0.4 is 10.6 Å². The van der Waals surface area contributed by atoms with Gasteiger partial charge in [0.1, 0.15) is 11.0 Å². The van der Waals surface area contributed by atoms with Gasteiger partial charge in [-0.25, -0.2) is 0 Å². The molecule has 0 aliphatic heterocycles. The molecule has 15 heavy (non-hydrogen) atoms. The summed E-state index contributed by atoms with van der Waals surface area (Å²) in [6.45, 7) is 7.77. The average molecular weight is 198 g/mol. The highest BCUT2D eigenvalue weighted by molar-refractivity contribution is 5.80. The van der Waals surface area contributed by atoms with E-state index in [1.54, 1.807) is 6.08 Å². The zero-order valence-electron chi connectivity index (χ0n) is 9.08. The van der Waals surface area contributed by atoms with E-state index in [9.17, 15) is 0 Å². The Morgan fingerprint density at radius 1 is 1.33 bits per heavy atom. The van der Waals surface area contributed by atoms with Crippen LogP contribution >= 0.6 is 0 Å². The van der Waals surface area contributed by atoms with Crippen molar-refractivity contribution in [1.29, 1.82) is 0 Å². The van der Waals surface area contributed by atoms with Crippen molar-refractivity contribution in [2.24, 2.45) is 0 Å². The van der Waals surface area contributed by atoms with E-state index < -0.39 is 0 Å². The van der Waals surface area contributed by atoms with Gasteiger partial charge in [0, 0.05) is 10.6 Å². The van der Waals surface area contributed by atoms with Crippen LogP contribution in [0.15, 0.2) is 35.3 Å². The molecule has 0 fully saturated rings. The van der Waals surface area contributed by atoms with Gasteiger partial charge in [0.2, 0.25) is 0 Å². The number of rotatable bonds is 1. The number of hydrogen-bond acceptors (Lipinski definition) is 1. The van der Waals surface area contributed by atoms with Crippen molar-refractivity contribution in [1.82, 2.24) is 0 Å². The number of furan rings is 1. The smallest absolute Gasteiger partial charge is 0.135 e. The molecule has 0 amide bonds. The Balaban J connectivity index is 3.00. The first-order chi connectivity index (χ1) is 7.26. The fourth-order valence-electron chi connectivity index (χ4n) is 1.75. The van der Waals surface area contributed by atoms with E-state index in [4.69, 9.17) is 4.42 Å². The Hall–Kier alpha value is -1.76. The van der Waals surface area contributed by atoms with Gasteiger partial charge in [-0.05, 0) is 31.6 Å². The summed E-state index contributed by atoms with van der Waals surface area (Å²) in [6, 6.07) is 6.25. The van der Waals surface area contributed by atoms with Gasteiger partial charge in [0.15, 0.2) is 0 Å². The molecule has 1 heteroatoms. The molecule has 0 radical (unpaired) electrons. The zero-order chi connectivity index (χ0) is 10.8. The summed E-state index contributed by atoms with van der Waals surface area (Å²) in [5.41, 5.74) is 3.07. The van der Waals surface area contributed by atoms with Gasteiger partial charge in [-0.3, -0.25) is 0 Å². The third-order valence-electron chi connectivity index (χ3n) is 2.46. The minimum atomic E-state index is 0.912. The van der Waals surface area contributed by atoms with Crippen LogP contribution in [-0.4, -0.2) is 0 Å². The van der Waals surface area contributed by atoms with Crippen LogP contribution in [0.1, 0.15) is 12.5 Å². The topological polar surface area (TPSA) is 13.1 Å². The molecule has 0 atom stereocenters. The fourth-order valence-corrected chi connectivity index (χ4v) is 1.75. The third kappa shape index (κ3) is 1.61. The quantitative estimate of drug-likeness (QED) is 0.686. The number of fused-ring (bicyclic) bond motifs is 1. The SMILES string of the molecule is C=CC=c1c(=CC)oc2cc(C)ccc12. The molecule has 0 spiro atoms. The van der Waals surface area contributed by atoms with Crippen molar-refractivity contribution in [2.75, 3.05) is 0 Å². The van der Waals surface area contributed by atoms with Crippen LogP contribution in [0.3, 0.4) is 0 Å². The van der Waals surface area contributed by atoms with E-state index >= 15 is 0 Å². The van der Waals surface area contributed by atoms with Gasteiger partial charge in [0.25, 0.3) is 0 Å². The Bertz CT molecular complexity index is 615. The molecule has 0 saturated carbocycles. The predicted molar refractivity (Wildman–Crippen MR) is 65.0 cm³/mol. The predicted octanol–water partition coefficient (Wildman–Crippen LogP) is 2.51. The lowest BCUT2D eigenvalue weighted by Crippen LogP contribution is -2.18. The van der Waals surface area contributed by atoms with E-state index in [0.29, 0.717) is 0 Å². The number of allylic oxidation sites excluding steroid dienone is 1. The van der Waals surface area contributed by atoms with Crippen molar-refractivity contribution in [2.45, 2.75) is 13.8 Å². The maximum Gasteiger partial charge on any atom is 0.135 e. The van der Waals surface area contributed by atoms with Gasteiger partial charge < -0.3 is 4.42 Å². The van der Waals surface area contributed by atoms with Crippen LogP contribution in [0.2, 0.25) is 0 Å². The maximum atomic E-state index is 5.75. The van der Waals surface area contributed by atoms with E-state index in [1.807, 2.05) is 19.1 Å². The first-order valence-corrected chi connectivity index (χ1v) is 5.04. The zero-order valence-corrected chi connectivity index (χ0v) is 9.08. The number of hydrogen-bond donors (Lipinski definition) is 0. The Labute approximate surface area is 89.0 Å². The lowest BCUT2D eigenvalue weighted by molar-refractivity contribution is 0.574. The normalized spacial score (nSPS) is 13.7. The van der Waals surface area contributed by atoms with Gasteiger partial charge >= 0.3 is 0 Å². The molecular formula is C14H14O. The summed E-state index contributed by atoms with van der Waals surface area (Å²) in [5.74, 6) is 0. The van der Waals surface area contributed by atoms with E-state index in [0.717, 1.165) is 21.6 Å². The molecule has 0 unspecified atom stereocenters. The molecule has 0 saturated heterocycles.